The van der Waals surface area contributed by atoms with Crippen molar-refractivity contribution in [3.05, 3.63) is 82.8 Å². The Morgan fingerprint density at radius 1 is 1.24 bits per heavy atom. The minimum atomic E-state index is -0.422. The zero-order valence-corrected chi connectivity index (χ0v) is 21.6. The summed E-state index contributed by atoms with van der Waals surface area (Å²) in [5.41, 5.74) is 2.88. The van der Waals surface area contributed by atoms with Gasteiger partial charge in [-0.05, 0) is 60.2 Å². The Balaban J connectivity index is 1.31. The summed E-state index contributed by atoms with van der Waals surface area (Å²) in [7, 11) is 0. The molecule has 2 aromatic carbocycles. The fourth-order valence-corrected chi connectivity index (χ4v) is 5.02. The molecular formula is C29H32FN3O5. The minimum absolute atomic E-state index is 0.0151. The van der Waals surface area contributed by atoms with Crippen molar-refractivity contribution in [3.63, 3.8) is 0 Å². The number of hydrogen-bond acceptors (Lipinski definition) is 6. The maximum absolute atomic E-state index is 14.2. The Morgan fingerprint density at radius 2 is 2.11 bits per heavy atom. The summed E-state index contributed by atoms with van der Waals surface area (Å²) in [6.07, 6.45) is 3.99. The number of benzene rings is 2. The van der Waals surface area contributed by atoms with Crippen molar-refractivity contribution in [1.82, 2.24) is 15.2 Å². The maximum atomic E-state index is 14.2. The monoisotopic (exact) mass is 521 g/mol. The summed E-state index contributed by atoms with van der Waals surface area (Å²) >= 11 is 0. The summed E-state index contributed by atoms with van der Waals surface area (Å²) < 4.78 is 31.1. The molecule has 2 amide bonds. The van der Waals surface area contributed by atoms with Gasteiger partial charge in [-0.2, -0.15) is 0 Å². The number of ether oxygens (including phenoxy) is 2. The van der Waals surface area contributed by atoms with Crippen LogP contribution >= 0.6 is 0 Å². The fourth-order valence-electron chi connectivity index (χ4n) is 5.02. The zero-order chi connectivity index (χ0) is 26.6. The van der Waals surface area contributed by atoms with Gasteiger partial charge >= 0.3 is 0 Å². The number of aromatic nitrogens is 1. The van der Waals surface area contributed by atoms with Crippen molar-refractivity contribution in [2.75, 3.05) is 19.7 Å². The average Bonchev–Trinajstić information content (AvgIpc) is 3.62. The van der Waals surface area contributed by atoms with E-state index in [1.807, 2.05) is 43.0 Å². The molecule has 8 nitrogen and oxygen atoms in total. The summed E-state index contributed by atoms with van der Waals surface area (Å²) in [4.78, 5) is 31.5. The summed E-state index contributed by atoms with van der Waals surface area (Å²) in [5, 5.41) is 2.82. The van der Waals surface area contributed by atoms with E-state index in [9.17, 15) is 14.0 Å². The van der Waals surface area contributed by atoms with Crippen LogP contribution in [0.2, 0.25) is 0 Å². The minimum Gasteiger partial charge on any atom is -0.484 e. The fraction of sp³-hybridized carbons (Fsp3) is 0.414. The van der Waals surface area contributed by atoms with Gasteiger partial charge in [0.25, 0.3) is 5.91 Å². The van der Waals surface area contributed by atoms with Crippen molar-refractivity contribution >= 4 is 11.8 Å². The highest BCUT2D eigenvalue weighted by Crippen LogP contribution is 2.38. The third kappa shape index (κ3) is 5.72. The molecule has 38 heavy (non-hydrogen) atoms. The van der Waals surface area contributed by atoms with E-state index in [1.165, 1.54) is 18.4 Å². The molecule has 1 N–H and O–H groups in total. The van der Waals surface area contributed by atoms with E-state index in [0.717, 1.165) is 30.6 Å². The largest absolute Gasteiger partial charge is 0.484 e. The predicted molar refractivity (Wildman–Crippen MR) is 137 cm³/mol. The molecule has 3 aromatic rings. The summed E-state index contributed by atoms with van der Waals surface area (Å²) in [5.74, 6) is -0.0130. The number of carbonyl (C=O) groups is 2. The Hall–Kier alpha value is -3.72. The van der Waals surface area contributed by atoms with Gasteiger partial charge in [-0.25, -0.2) is 9.37 Å². The van der Waals surface area contributed by atoms with Crippen LogP contribution < -0.4 is 10.1 Å². The average molecular weight is 522 g/mol. The van der Waals surface area contributed by atoms with E-state index in [2.05, 4.69) is 10.3 Å². The molecule has 9 heteroatoms. The molecule has 5 rings (SSSR count). The Labute approximate surface area is 221 Å². The van der Waals surface area contributed by atoms with Crippen molar-refractivity contribution in [3.8, 4) is 5.75 Å². The van der Waals surface area contributed by atoms with Gasteiger partial charge in [-0.15, -0.1) is 0 Å². The van der Waals surface area contributed by atoms with E-state index in [4.69, 9.17) is 13.9 Å². The van der Waals surface area contributed by atoms with Crippen LogP contribution in [0.25, 0.3) is 0 Å². The highest BCUT2D eigenvalue weighted by atomic mass is 19.1. The normalized spacial score (nSPS) is 18.9. The first-order chi connectivity index (χ1) is 18.4. The molecule has 2 unspecified atom stereocenters. The first-order valence-corrected chi connectivity index (χ1v) is 13.0. The SMILES string of the molecule is CC(C)C(=O)N1CCc2ccc(OCc3nc(C(=O)NCC4CCCO4)co3)cc2C1c1cccc(F)c1. The Bertz CT molecular complexity index is 1300. The van der Waals surface area contributed by atoms with Crippen LogP contribution in [0, 0.1) is 11.7 Å². The molecule has 1 saturated heterocycles. The number of fused-ring (bicyclic) bond motifs is 1. The van der Waals surface area contributed by atoms with Gasteiger partial charge in [0, 0.05) is 25.6 Å². The van der Waals surface area contributed by atoms with Gasteiger partial charge < -0.3 is 24.1 Å². The van der Waals surface area contributed by atoms with E-state index in [0.29, 0.717) is 30.8 Å². The summed E-state index contributed by atoms with van der Waals surface area (Å²) in [6, 6.07) is 11.7. The number of carbonyl (C=O) groups excluding carboxylic acids is 2. The van der Waals surface area contributed by atoms with Gasteiger partial charge in [-0.1, -0.05) is 32.0 Å². The third-order valence-corrected chi connectivity index (χ3v) is 6.95. The lowest BCUT2D eigenvalue weighted by molar-refractivity contribution is -0.136. The number of nitrogens with one attached hydrogen (secondary N) is 1. The lowest BCUT2D eigenvalue weighted by Crippen LogP contribution is -2.42. The van der Waals surface area contributed by atoms with Crippen molar-refractivity contribution in [2.45, 2.75) is 51.9 Å². The number of nitrogens with zero attached hydrogens (tertiary/aromatic N) is 2. The van der Waals surface area contributed by atoms with Crippen LogP contribution in [0.15, 0.2) is 53.1 Å². The molecule has 0 radical (unpaired) electrons. The van der Waals surface area contributed by atoms with Gasteiger partial charge in [-0.3, -0.25) is 9.59 Å². The van der Waals surface area contributed by atoms with Gasteiger partial charge in [0.2, 0.25) is 11.8 Å². The zero-order valence-electron chi connectivity index (χ0n) is 21.6. The molecule has 0 bridgehead atoms. The van der Waals surface area contributed by atoms with Gasteiger partial charge in [0.1, 0.15) is 17.8 Å². The second-order valence-electron chi connectivity index (χ2n) is 10.0. The lowest BCUT2D eigenvalue weighted by Gasteiger charge is -2.39. The van der Waals surface area contributed by atoms with Gasteiger partial charge in [0.15, 0.2) is 12.3 Å². The molecule has 2 aliphatic heterocycles. The number of hydrogen-bond donors (Lipinski definition) is 1. The van der Waals surface area contributed by atoms with E-state index < -0.39 is 6.04 Å². The number of rotatable bonds is 8. The van der Waals surface area contributed by atoms with Crippen LogP contribution in [0.1, 0.15) is 65.8 Å². The molecule has 0 spiro atoms. The molecule has 1 fully saturated rings. The molecule has 3 heterocycles. The van der Waals surface area contributed by atoms with Crippen LogP contribution in [0.4, 0.5) is 4.39 Å². The van der Waals surface area contributed by atoms with Crippen LogP contribution in [-0.4, -0.2) is 47.5 Å². The standard InChI is InChI=1S/C29H32FN3O5/c1-18(2)29(35)33-11-10-19-8-9-22(14-24(19)27(33)20-5-3-6-21(30)13-20)37-17-26-32-25(16-38-26)28(34)31-15-23-7-4-12-36-23/h3,5-6,8-9,13-14,16,18,23,27H,4,7,10-12,15,17H2,1-2H3,(H,31,34). The first-order valence-electron chi connectivity index (χ1n) is 13.0. The maximum Gasteiger partial charge on any atom is 0.273 e. The Kier molecular flexibility index (Phi) is 7.74. The van der Waals surface area contributed by atoms with Gasteiger partial charge in [0.05, 0.1) is 12.1 Å². The molecule has 200 valence electrons. The quantitative estimate of drug-likeness (QED) is 0.471. The molecule has 0 saturated carbocycles. The highest BCUT2D eigenvalue weighted by Gasteiger charge is 2.33. The molecular weight excluding hydrogens is 489 g/mol. The lowest BCUT2D eigenvalue weighted by atomic mass is 9.87. The molecule has 2 aliphatic rings. The van der Waals surface area contributed by atoms with Crippen molar-refractivity contribution in [2.24, 2.45) is 5.92 Å². The van der Waals surface area contributed by atoms with Crippen molar-refractivity contribution in [1.29, 1.82) is 0 Å². The van der Waals surface area contributed by atoms with Crippen LogP contribution in [0.5, 0.6) is 5.75 Å². The number of halogens is 1. The first kappa shape index (κ1) is 25.9. The molecule has 1 aromatic heterocycles. The van der Waals surface area contributed by atoms with Crippen molar-refractivity contribution < 1.29 is 27.9 Å². The topological polar surface area (TPSA) is 93.9 Å². The van der Waals surface area contributed by atoms with E-state index in [-0.39, 0.29) is 47.8 Å². The van der Waals surface area contributed by atoms with E-state index in [1.54, 1.807) is 6.07 Å². The highest BCUT2D eigenvalue weighted by molar-refractivity contribution is 5.91. The second-order valence-corrected chi connectivity index (χ2v) is 10.0. The molecule has 2 atom stereocenters. The number of oxazole rings is 1. The van der Waals surface area contributed by atoms with Crippen LogP contribution in [0.3, 0.4) is 0 Å². The Morgan fingerprint density at radius 3 is 2.87 bits per heavy atom. The van der Waals surface area contributed by atoms with Crippen LogP contribution in [-0.2, 0) is 22.6 Å². The summed E-state index contributed by atoms with van der Waals surface area (Å²) in [6.45, 7) is 5.48. The number of amides is 2. The smallest absolute Gasteiger partial charge is 0.273 e. The molecule has 0 aliphatic carbocycles. The third-order valence-electron chi connectivity index (χ3n) is 6.95. The van der Waals surface area contributed by atoms with E-state index >= 15 is 0 Å². The predicted octanol–water partition coefficient (Wildman–Crippen LogP) is 4.43. The second kappa shape index (κ2) is 11.3.